The van der Waals surface area contributed by atoms with Crippen molar-refractivity contribution in [3.63, 3.8) is 0 Å². The first-order valence-corrected chi connectivity index (χ1v) is 13.9. The number of halogens is 1. The third-order valence-corrected chi connectivity index (χ3v) is 8.83. The van der Waals surface area contributed by atoms with Gasteiger partial charge in [-0.05, 0) is 55.5 Å². The van der Waals surface area contributed by atoms with E-state index in [0.29, 0.717) is 18.3 Å². The quantitative estimate of drug-likeness (QED) is 0.338. The van der Waals surface area contributed by atoms with E-state index < -0.39 is 15.7 Å². The fraction of sp³-hybridized carbons (Fsp3) is 0.364. The number of benzene rings is 2. The summed E-state index contributed by atoms with van der Waals surface area (Å²) >= 11 is 3.00. The van der Waals surface area contributed by atoms with Crippen LogP contribution in [0, 0.1) is 5.82 Å². The summed E-state index contributed by atoms with van der Waals surface area (Å²) in [6.07, 6.45) is 3.46. The Morgan fingerprint density at radius 3 is 2.75 bits per heavy atom. The highest BCUT2D eigenvalue weighted by Gasteiger charge is 2.28. The first-order valence-electron chi connectivity index (χ1n) is 10.2. The van der Waals surface area contributed by atoms with Crippen molar-refractivity contribution in [3.8, 4) is 0 Å². The molecule has 1 aromatic heterocycles. The summed E-state index contributed by atoms with van der Waals surface area (Å²) in [6, 6.07) is 10.5. The van der Waals surface area contributed by atoms with Gasteiger partial charge in [0.2, 0.25) is 5.91 Å². The highest BCUT2D eigenvalue weighted by Crippen LogP contribution is 2.35. The van der Waals surface area contributed by atoms with Gasteiger partial charge in [-0.1, -0.05) is 17.4 Å². The monoisotopic (exact) mass is 494 g/mol. The van der Waals surface area contributed by atoms with Crippen LogP contribution in [0.5, 0.6) is 0 Å². The normalized spacial score (nSPS) is 16.5. The van der Waals surface area contributed by atoms with Crippen molar-refractivity contribution in [2.45, 2.75) is 35.2 Å². The average molecular weight is 495 g/mol. The number of thioether (sulfide) groups is 1. The Labute approximate surface area is 194 Å². The summed E-state index contributed by atoms with van der Waals surface area (Å²) in [5.74, 6) is -1.19. The molecular weight excluding hydrogens is 471 g/mol. The predicted octanol–water partition coefficient (Wildman–Crippen LogP) is 4.53. The Hall–Kier alpha value is -2.01. The van der Waals surface area contributed by atoms with Crippen LogP contribution in [0.3, 0.4) is 0 Å². The molecule has 0 bridgehead atoms. The minimum absolute atomic E-state index is 0.00183. The smallest absolute Gasteiger partial charge is 0.229 e. The van der Waals surface area contributed by atoms with E-state index in [1.807, 2.05) is 24.5 Å². The van der Waals surface area contributed by atoms with E-state index >= 15 is 0 Å². The second-order valence-electron chi connectivity index (χ2n) is 7.47. The third-order valence-electron chi connectivity index (χ3n) is 5.29. The molecule has 0 radical (unpaired) electrons. The number of aromatic nitrogens is 1. The van der Waals surface area contributed by atoms with Gasteiger partial charge in [0.25, 0.3) is 0 Å². The average Bonchev–Trinajstić information content (AvgIpc) is 3.45. The third kappa shape index (κ3) is 5.14. The summed E-state index contributed by atoms with van der Waals surface area (Å²) < 4.78 is 45.1. The van der Waals surface area contributed by atoms with Crippen LogP contribution in [0.1, 0.15) is 19.3 Å². The molecule has 170 valence electrons. The standard InChI is InChI=1S/C22H23FN2O4S3/c1-30-18-5-2-6-19-21(18)24-22(31-19)25(14-16-4-3-12-29-16)20(26)11-13-32(27,28)17-9-7-15(23)8-10-17/h2,5-10,16H,3-4,11-14H2,1H3. The van der Waals surface area contributed by atoms with Crippen molar-refractivity contribution in [2.24, 2.45) is 0 Å². The summed E-state index contributed by atoms with van der Waals surface area (Å²) in [5.41, 5.74) is 0.837. The van der Waals surface area contributed by atoms with Gasteiger partial charge >= 0.3 is 0 Å². The van der Waals surface area contributed by atoms with E-state index in [1.165, 1.54) is 23.5 Å². The lowest BCUT2D eigenvalue weighted by Crippen LogP contribution is -2.38. The Kier molecular flexibility index (Phi) is 7.14. The van der Waals surface area contributed by atoms with Gasteiger partial charge in [-0.2, -0.15) is 0 Å². The number of amides is 1. The van der Waals surface area contributed by atoms with Gasteiger partial charge in [-0.25, -0.2) is 17.8 Å². The van der Waals surface area contributed by atoms with Crippen LogP contribution in [-0.4, -0.2) is 50.6 Å². The van der Waals surface area contributed by atoms with Crippen molar-refractivity contribution in [3.05, 3.63) is 48.3 Å². The van der Waals surface area contributed by atoms with Gasteiger partial charge in [-0.15, -0.1) is 11.8 Å². The van der Waals surface area contributed by atoms with Gasteiger partial charge in [0.1, 0.15) is 5.82 Å². The number of hydrogen-bond acceptors (Lipinski definition) is 7. The van der Waals surface area contributed by atoms with Crippen LogP contribution < -0.4 is 4.90 Å². The van der Waals surface area contributed by atoms with Gasteiger partial charge < -0.3 is 4.74 Å². The van der Waals surface area contributed by atoms with Crippen molar-refractivity contribution in [1.82, 2.24) is 4.98 Å². The molecule has 1 amide bonds. The van der Waals surface area contributed by atoms with Crippen molar-refractivity contribution in [2.75, 3.05) is 30.1 Å². The number of para-hydroxylation sites is 1. The van der Waals surface area contributed by atoms with Crippen LogP contribution in [-0.2, 0) is 19.4 Å². The zero-order valence-electron chi connectivity index (χ0n) is 17.5. The maximum Gasteiger partial charge on any atom is 0.229 e. The molecule has 0 N–H and O–H groups in total. The van der Waals surface area contributed by atoms with E-state index in [9.17, 15) is 17.6 Å². The van der Waals surface area contributed by atoms with E-state index in [0.717, 1.165) is 40.1 Å². The maximum atomic E-state index is 13.2. The molecule has 1 unspecified atom stereocenters. The van der Waals surface area contributed by atoms with Crippen LogP contribution in [0.2, 0.25) is 0 Å². The predicted molar refractivity (Wildman–Crippen MR) is 126 cm³/mol. The van der Waals surface area contributed by atoms with Crippen molar-refractivity contribution < 1.29 is 22.3 Å². The number of nitrogens with zero attached hydrogens (tertiary/aromatic N) is 2. The number of sulfone groups is 1. The lowest BCUT2D eigenvalue weighted by molar-refractivity contribution is -0.118. The number of ether oxygens (including phenoxy) is 1. The number of fused-ring (bicyclic) bond motifs is 1. The molecule has 4 rings (SSSR count). The number of thiazole rings is 1. The maximum absolute atomic E-state index is 13.2. The lowest BCUT2D eigenvalue weighted by atomic mass is 10.2. The molecule has 3 aromatic rings. The summed E-state index contributed by atoms with van der Waals surface area (Å²) in [7, 11) is -3.72. The first kappa shape index (κ1) is 23.2. The van der Waals surface area contributed by atoms with E-state index in [-0.39, 0.29) is 29.1 Å². The fourth-order valence-electron chi connectivity index (χ4n) is 3.59. The second-order valence-corrected chi connectivity index (χ2v) is 11.4. The molecule has 0 aliphatic carbocycles. The van der Waals surface area contributed by atoms with Crippen LogP contribution in [0.25, 0.3) is 10.2 Å². The molecule has 6 nitrogen and oxygen atoms in total. The molecule has 2 aromatic carbocycles. The lowest BCUT2D eigenvalue weighted by Gasteiger charge is -2.23. The molecule has 1 saturated heterocycles. The Morgan fingerprint density at radius 1 is 1.28 bits per heavy atom. The minimum atomic E-state index is -3.72. The van der Waals surface area contributed by atoms with Crippen molar-refractivity contribution in [1.29, 1.82) is 0 Å². The number of hydrogen-bond donors (Lipinski definition) is 0. The molecule has 0 spiro atoms. The van der Waals surface area contributed by atoms with E-state index in [4.69, 9.17) is 9.72 Å². The topological polar surface area (TPSA) is 76.6 Å². The van der Waals surface area contributed by atoms with Crippen LogP contribution in [0.4, 0.5) is 9.52 Å². The largest absolute Gasteiger partial charge is 0.376 e. The van der Waals surface area contributed by atoms with Gasteiger partial charge in [0.15, 0.2) is 15.0 Å². The molecule has 2 heterocycles. The van der Waals surface area contributed by atoms with Gasteiger partial charge in [0.05, 0.1) is 33.5 Å². The first-order chi connectivity index (χ1) is 15.4. The Balaban J connectivity index is 1.57. The van der Waals surface area contributed by atoms with Gasteiger partial charge in [0, 0.05) is 17.9 Å². The number of anilines is 1. The Bertz CT molecular complexity index is 1210. The number of carbonyl (C=O) groups is 1. The minimum Gasteiger partial charge on any atom is -0.376 e. The highest BCUT2D eigenvalue weighted by atomic mass is 32.2. The molecule has 1 aliphatic heterocycles. The zero-order valence-corrected chi connectivity index (χ0v) is 19.9. The van der Waals surface area contributed by atoms with Crippen LogP contribution >= 0.6 is 23.1 Å². The molecule has 1 atom stereocenters. The molecular formula is C22H23FN2O4S3. The molecule has 1 fully saturated rings. The number of rotatable bonds is 8. The zero-order chi connectivity index (χ0) is 22.7. The SMILES string of the molecule is CSc1cccc2sc(N(CC3CCCO3)C(=O)CCS(=O)(=O)c3ccc(F)cc3)nc12. The van der Waals surface area contributed by atoms with Gasteiger partial charge in [-0.3, -0.25) is 9.69 Å². The highest BCUT2D eigenvalue weighted by molar-refractivity contribution is 7.98. The Morgan fingerprint density at radius 2 is 2.06 bits per heavy atom. The fourth-order valence-corrected chi connectivity index (χ4v) is 6.46. The summed E-state index contributed by atoms with van der Waals surface area (Å²) in [6.45, 7) is 0.992. The van der Waals surface area contributed by atoms with E-state index in [1.54, 1.807) is 16.7 Å². The van der Waals surface area contributed by atoms with E-state index in [2.05, 4.69) is 0 Å². The molecule has 0 saturated carbocycles. The van der Waals surface area contributed by atoms with Crippen LogP contribution in [0.15, 0.2) is 52.3 Å². The second kappa shape index (κ2) is 9.86. The summed E-state index contributed by atoms with van der Waals surface area (Å²) in [4.78, 5) is 20.5. The molecule has 1 aliphatic rings. The van der Waals surface area contributed by atoms with Crippen molar-refractivity contribution >= 4 is 54.2 Å². The molecule has 10 heteroatoms. The molecule has 32 heavy (non-hydrogen) atoms. The number of carbonyl (C=O) groups excluding carboxylic acids is 1. The summed E-state index contributed by atoms with van der Waals surface area (Å²) in [5, 5.41) is 0.543.